The number of nitrogens with zero attached hydrogens (tertiary/aromatic N) is 1. The number of nitrogens with two attached hydrogens (primary N) is 1. The summed E-state index contributed by atoms with van der Waals surface area (Å²) in [7, 11) is 0. The number of guanidine groups is 1. The normalized spacial score (nSPS) is 14.8. The molecule has 0 spiro atoms. The first-order valence-electron chi connectivity index (χ1n) is 8.32. The van der Waals surface area contributed by atoms with Crippen LogP contribution in [0.5, 0.6) is 11.5 Å². The molecule has 0 aromatic heterocycles. The Balaban J connectivity index is 0.00000288. The molecular weight excluding hydrogens is 417 g/mol. The summed E-state index contributed by atoms with van der Waals surface area (Å²) in [6.45, 7) is 11.0. The molecule has 0 atom stereocenters. The fraction of sp³-hybridized carbons (Fsp3) is 0.611. The van der Waals surface area contributed by atoms with Crippen LogP contribution in [0.3, 0.4) is 0 Å². The average Bonchev–Trinajstić information content (AvgIpc) is 2.69. The van der Waals surface area contributed by atoms with Gasteiger partial charge in [-0.05, 0) is 29.9 Å². The van der Waals surface area contributed by atoms with E-state index < -0.39 is 0 Å². The van der Waals surface area contributed by atoms with Gasteiger partial charge in [0.15, 0.2) is 17.5 Å². The number of aliphatic imine (C=N–C) groups is 1. The van der Waals surface area contributed by atoms with E-state index in [9.17, 15) is 0 Å². The van der Waals surface area contributed by atoms with Crippen molar-refractivity contribution in [3.63, 3.8) is 0 Å². The molecule has 0 radical (unpaired) electrons. The Morgan fingerprint density at radius 2 is 1.92 bits per heavy atom. The lowest BCUT2D eigenvalue weighted by Gasteiger charge is -2.24. The lowest BCUT2D eigenvalue weighted by Crippen LogP contribution is -2.26. The Labute approximate surface area is 162 Å². The first-order chi connectivity index (χ1) is 10.9. The highest BCUT2D eigenvalue weighted by molar-refractivity contribution is 14.0. The minimum Gasteiger partial charge on any atom is -0.490 e. The zero-order chi connectivity index (χ0) is 16.9. The van der Waals surface area contributed by atoms with Crippen molar-refractivity contribution in [1.82, 2.24) is 0 Å². The Morgan fingerprint density at radius 1 is 1.25 bits per heavy atom. The van der Waals surface area contributed by atoms with Gasteiger partial charge in [0.05, 0.1) is 13.2 Å². The van der Waals surface area contributed by atoms with Crippen molar-refractivity contribution in [2.24, 2.45) is 22.1 Å². The summed E-state index contributed by atoms with van der Waals surface area (Å²) in [5.74, 6) is 2.61. The van der Waals surface area contributed by atoms with Gasteiger partial charge in [0.1, 0.15) is 0 Å². The van der Waals surface area contributed by atoms with Gasteiger partial charge in [0.2, 0.25) is 0 Å². The molecule has 1 aliphatic heterocycles. The molecule has 0 unspecified atom stereocenters. The maximum absolute atomic E-state index is 6.02. The molecule has 1 aromatic carbocycles. The highest BCUT2D eigenvalue weighted by Crippen LogP contribution is 2.32. The second-order valence-corrected chi connectivity index (χ2v) is 7.30. The van der Waals surface area contributed by atoms with Crippen LogP contribution in [0.1, 0.15) is 40.5 Å². The first kappa shape index (κ1) is 20.9. The van der Waals surface area contributed by atoms with E-state index in [1.54, 1.807) is 0 Å². The van der Waals surface area contributed by atoms with Crippen LogP contribution in [0.15, 0.2) is 23.2 Å². The summed E-state index contributed by atoms with van der Waals surface area (Å²) >= 11 is 0. The van der Waals surface area contributed by atoms with Crippen LogP contribution in [0.25, 0.3) is 0 Å². The number of hydrogen-bond donors (Lipinski definition) is 2. The van der Waals surface area contributed by atoms with E-state index in [4.69, 9.17) is 15.2 Å². The largest absolute Gasteiger partial charge is 0.490 e. The fourth-order valence-electron chi connectivity index (χ4n) is 2.90. The minimum absolute atomic E-state index is 0. The molecule has 0 amide bonds. The summed E-state index contributed by atoms with van der Waals surface area (Å²) in [5.41, 5.74) is 7.02. The van der Waals surface area contributed by atoms with Crippen LogP contribution in [0, 0.1) is 11.3 Å². The summed E-state index contributed by atoms with van der Waals surface area (Å²) in [5, 5.41) is 3.13. The highest BCUT2D eigenvalue weighted by Gasteiger charge is 2.19. The van der Waals surface area contributed by atoms with Gasteiger partial charge < -0.3 is 20.5 Å². The molecule has 0 aliphatic carbocycles. The van der Waals surface area contributed by atoms with Gasteiger partial charge in [-0.25, -0.2) is 0 Å². The third-order valence-corrected chi connectivity index (χ3v) is 3.66. The molecule has 0 fully saturated rings. The smallest absolute Gasteiger partial charge is 0.193 e. The number of fused-ring (bicyclic) bond motifs is 1. The highest BCUT2D eigenvalue weighted by atomic mass is 127. The van der Waals surface area contributed by atoms with Crippen LogP contribution < -0.4 is 20.5 Å². The second kappa shape index (κ2) is 9.34. The standard InChI is InChI=1S/C18H29N3O2.HI/c1-13(2)11-18(3,4)12-20-17(19)21-14-6-7-15-16(10-14)23-9-5-8-22-15;/h6-7,10,13H,5,8-9,11-12H2,1-4H3,(H3,19,20,21);1H. The van der Waals surface area contributed by atoms with Crippen molar-refractivity contribution < 1.29 is 9.47 Å². The van der Waals surface area contributed by atoms with E-state index in [-0.39, 0.29) is 29.4 Å². The average molecular weight is 447 g/mol. The molecule has 2 rings (SSSR count). The zero-order valence-electron chi connectivity index (χ0n) is 15.1. The van der Waals surface area contributed by atoms with E-state index in [1.807, 2.05) is 18.2 Å². The molecule has 1 aliphatic rings. The Bertz CT molecular complexity index is 559. The van der Waals surface area contributed by atoms with E-state index >= 15 is 0 Å². The van der Waals surface area contributed by atoms with Gasteiger partial charge in [0, 0.05) is 24.7 Å². The molecule has 1 heterocycles. The van der Waals surface area contributed by atoms with Crippen LogP contribution in [0.4, 0.5) is 5.69 Å². The third-order valence-electron chi connectivity index (χ3n) is 3.66. The number of nitrogens with one attached hydrogen (secondary N) is 1. The molecule has 6 heteroatoms. The summed E-state index contributed by atoms with van der Waals surface area (Å²) in [6, 6.07) is 5.73. The summed E-state index contributed by atoms with van der Waals surface area (Å²) in [4.78, 5) is 4.49. The van der Waals surface area contributed by atoms with Crippen molar-refractivity contribution in [2.75, 3.05) is 25.1 Å². The van der Waals surface area contributed by atoms with E-state index in [0.29, 0.717) is 31.6 Å². The van der Waals surface area contributed by atoms with Gasteiger partial charge in [-0.1, -0.05) is 27.7 Å². The Morgan fingerprint density at radius 3 is 2.58 bits per heavy atom. The molecule has 0 saturated carbocycles. The number of hydrogen-bond acceptors (Lipinski definition) is 3. The monoisotopic (exact) mass is 447 g/mol. The maximum Gasteiger partial charge on any atom is 0.193 e. The van der Waals surface area contributed by atoms with Gasteiger partial charge >= 0.3 is 0 Å². The van der Waals surface area contributed by atoms with Crippen LogP contribution in [-0.2, 0) is 0 Å². The number of rotatable bonds is 5. The molecule has 0 bridgehead atoms. The topological polar surface area (TPSA) is 68.9 Å². The molecule has 0 saturated heterocycles. The van der Waals surface area contributed by atoms with Crippen molar-refractivity contribution >= 4 is 35.6 Å². The van der Waals surface area contributed by atoms with Crippen molar-refractivity contribution in [3.8, 4) is 11.5 Å². The quantitative estimate of drug-likeness (QED) is 0.402. The van der Waals surface area contributed by atoms with Crippen LogP contribution in [0.2, 0.25) is 0 Å². The maximum atomic E-state index is 6.02. The van der Waals surface area contributed by atoms with Crippen molar-refractivity contribution in [2.45, 2.75) is 40.5 Å². The third kappa shape index (κ3) is 6.75. The minimum atomic E-state index is 0. The molecular formula is C18H30IN3O2. The fourth-order valence-corrected chi connectivity index (χ4v) is 2.90. The number of anilines is 1. The van der Waals surface area contributed by atoms with E-state index in [2.05, 4.69) is 38.0 Å². The summed E-state index contributed by atoms with van der Waals surface area (Å²) < 4.78 is 11.3. The van der Waals surface area contributed by atoms with Gasteiger partial charge in [-0.15, -0.1) is 24.0 Å². The molecule has 24 heavy (non-hydrogen) atoms. The van der Waals surface area contributed by atoms with Gasteiger partial charge in [-0.3, -0.25) is 4.99 Å². The molecule has 136 valence electrons. The predicted molar refractivity (Wildman–Crippen MR) is 111 cm³/mol. The number of ether oxygens (including phenoxy) is 2. The van der Waals surface area contributed by atoms with Crippen LogP contribution in [-0.4, -0.2) is 25.7 Å². The second-order valence-electron chi connectivity index (χ2n) is 7.30. The Hall–Kier alpha value is -1.18. The molecule has 5 nitrogen and oxygen atoms in total. The molecule has 1 aromatic rings. The summed E-state index contributed by atoms with van der Waals surface area (Å²) in [6.07, 6.45) is 2.01. The van der Waals surface area contributed by atoms with Gasteiger partial charge in [0.25, 0.3) is 0 Å². The van der Waals surface area contributed by atoms with Crippen molar-refractivity contribution in [1.29, 1.82) is 0 Å². The SMILES string of the molecule is CC(C)CC(C)(C)CN=C(N)Nc1ccc2c(c1)OCCCO2.I. The van der Waals surface area contributed by atoms with E-state index in [0.717, 1.165) is 30.0 Å². The Kier molecular flexibility index (Phi) is 8.12. The zero-order valence-corrected chi connectivity index (χ0v) is 17.4. The predicted octanol–water partition coefficient (Wildman–Crippen LogP) is 4.26. The lowest BCUT2D eigenvalue weighted by atomic mass is 9.84. The van der Waals surface area contributed by atoms with E-state index in [1.165, 1.54) is 0 Å². The lowest BCUT2D eigenvalue weighted by molar-refractivity contribution is 0.297. The number of benzene rings is 1. The molecule has 3 N–H and O–H groups in total. The first-order valence-corrected chi connectivity index (χ1v) is 8.32. The van der Waals surface area contributed by atoms with Crippen LogP contribution >= 0.6 is 24.0 Å². The number of halogens is 1. The van der Waals surface area contributed by atoms with Gasteiger partial charge in [-0.2, -0.15) is 0 Å². The van der Waals surface area contributed by atoms with Crippen molar-refractivity contribution in [3.05, 3.63) is 18.2 Å².